The van der Waals surface area contributed by atoms with Crippen molar-refractivity contribution in [2.24, 2.45) is 0 Å². The minimum atomic E-state index is -8.74. The fourth-order valence-corrected chi connectivity index (χ4v) is 3.49. The van der Waals surface area contributed by atoms with E-state index in [9.17, 15) is 79.4 Å². The smallest absolute Gasteiger partial charge is 0.460 e. The van der Waals surface area contributed by atoms with Crippen molar-refractivity contribution in [3.8, 4) is 0 Å². The van der Waals surface area contributed by atoms with Crippen LogP contribution in [0.5, 0.6) is 0 Å². The van der Waals surface area contributed by atoms with Gasteiger partial charge in [-0.15, -0.1) is 0 Å². The molecule has 0 aromatic rings. The third kappa shape index (κ3) is 7.86. The van der Waals surface area contributed by atoms with Crippen LogP contribution in [-0.4, -0.2) is 60.2 Å². The second-order valence-corrected chi connectivity index (χ2v) is 9.54. The highest BCUT2D eigenvalue weighted by molar-refractivity contribution is 5.79. The fourth-order valence-electron chi connectivity index (χ4n) is 3.49. The van der Waals surface area contributed by atoms with Gasteiger partial charge in [-0.1, -0.05) is 77.6 Å². The lowest BCUT2D eigenvalue weighted by atomic mass is 9.89. The number of hydrogen-bond acceptors (Lipinski definition) is 2. The first-order chi connectivity index (χ1) is 18.7. The lowest BCUT2D eigenvalue weighted by Gasteiger charge is -2.42. The molecular formula is C23H29F17O2. The van der Waals surface area contributed by atoms with Crippen LogP contribution in [-0.2, 0) is 9.53 Å². The third-order valence-corrected chi connectivity index (χ3v) is 6.21. The lowest BCUT2D eigenvalue weighted by molar-refractivity contribution is -0.460. The maximum Gasteiger partial charge on any atom is 0.460 e. The third-order valence-electron chi connectivity index (χ3n) is 6.21. The second-order valence-electron chi connectivity index (χ2n) is 9.54. The topological polar surface area (TPSA) is 26.3 Å². The van der Waals surface area contributed by atoms with Crippen LogP contribution in [0.25, 0.3) is 0 Å². The molecule has 0 heterocycles. The number of unbranched alkanes of at least 4 members (excludes halogenated alkanes) is 11. The maximum atomic E-state index is 13.8. The number of carbonyl (C=O) groups excluding carboxylic acids is 1. The predicted molar refractivity (Wildman–Crippen MR) is 113 cm³/mol. The molecule has 0 spiro atoms. The number of hydrogen-bond donors (Lipinski definition) is 0. The first-order valence-electron chi connectivity index (χ1n) is 12.6. The van der Waals surface area contributed by atoms with Gasteiger partial charge in [0.2, 0.25) is 0 Å². The van der Waals surface area contributed by atoms with Crippen molar-refractivity contribution in [3.63, 3.8) is 0 Å². The lowest BCUT2D eigenvalue weighted by Crippen LogP contribution is -2.75. The summed E-state index contributed by atoms with van der Waals surface area (Å²) in [6.45, 7) is 0.857. The van der Waals surface area contributed by atoms with Gasteiger partial charge < -0.3 is 4.74 Å². The minimum Gasteiger partial charge on any atom is -0.461 e. The van der Waals surface area contributed by atoms with Crippen LogP contribution in [0.1, 0.15) is 84.0 Å². The van der Waals surface area contributed by atoms with Gasteiger partial charge in [-0.05, 0) is 6.42 Å². The molecule has 0 saturated carbocycles. The van der Waals surface area contributed by atoms with Gasteiger partial charge in [-0.2, -0.15) is 74.6 Å². The van der Waals surface area contributed by atoms with Crippen molar-refractivity contribution in [3.05, 3.63) is 0 Å². The number of halogens is 17. The van der Waals surface area contributed by atoms with Crippen molar-refractivity contribution < 1.29 is 84.2 Å². The van der Waals surface area contributed by atoms with E-state index in [4.69, 9.17) is 0 Å². The van der Waals surface area contributed by atoms with E-state index in [-0.39, 0.29) is 12.8 Å². The standard InChI is InChI=1S/C23H29F17O2/c1-2-3-4-5-6-7-8-9-10-11-12-13-14-42-15(41)16(24,25)17(26,27)18(28,29)19(30,31)20(32,33)21(34,35)22(36,37)23(38,39)40/h2-14H2,1H3. The van der Waals surface area contributed by atoms with Gasteiger partial charge in [0.1, 0.15) is 0 Å². The molecule has 0 radical (unpaired) electrons. The highest BCUT2D eigenvalue weighted by Gasteiger charge is 2.95. The molecule has 0 bridgehead atoms. The molecule has 0 unspecified atom stereocenters. The quantitative estimate of drug-likeness (QED) is 0.0738. The molecule has 2 nitrogen and oxygen atoms in total. The molecule has 0 aromatic carbocycles. The highest BCUT2D eigenvalue weighted by Crippen LogP contribution is 2.64. The summed E-state index contributed by atoms with van der Waals surface area (Å²) in [4.78, 5) is 11.3. The Morgan fingerprint density at radius 1 is 0.429 bits per heavy atom. The van der Waals surface area contributed by atoms with Crippen LogP contribution < -0.4 is 0 Å². The van der Waals surface area contributed by atoms with Crippen molar-refractivity contribution >= 4 is 5.97 Å². The number of alkyl halides is 17. The van der Waals surface area contributed by atoms with Crippen molar-refractivity contribution in [1.29, 1.82) is 0 Å². The molecule has 0 rings (SSSR count). The summed E-state index contributed by atoms with van der Waals surface area (Å²) < 4.78 is 228. The molecule has 0 aliphatic rings. The molecule has 19 heteroatoms. The Hall–Kier alpha value is -1.72. The van der Waals surface area contributed by atoms with Gasteiger partial charge in [-0.25, -0.2) is 4.79 Å². The van der Waals surface area contributed by atoms with E-state index < -0.39 is 60.2 Å². The van der Waals surface area contributed by atoms with Crippen LogP contribution in [0.15, 0.2) is 0 Å². The molecule has 0 aliphatic carbocycles. The summed E-state index contributed by atoms with van der Waals surface area (Å²) in [5.41, 5.74) is 0. The summed E-state index contributed by atoms with van der Waals surface area (Å²) in [5, 5.41) is 0. The van der Waals surface area contributed by atoms with Crippen LogP contribution in [0.4, 0.5) is 74.6 Å². The Morgan fingerprint density at radius 3 is 1.05 bits per heavy atom. The first-order valence-corrected chi connectivity index (χ1v) is 12.6. The molecule has 0 aromatic heterocycles. The summed E-state index contributed by atoms with van der Waals surface area (Å²) in [5.74, 6) is -61.7. The molecular weight excluding hydrogens is 631 g/mol. The van der Waals surface area contributed by atoms with Crippen LogP contribution >= 0.6 is 0 Å². The monoisotopic (exact) mass is 660 g/mol. The normalized spacial score (nSPS) is 14.8. The Balaban J connectivity index is 5.31. The largest absolute Gasteiger partial charge is 0.461 e. The summed E-state index contributed by atoms with van der Waals surface area (Å²) in [6.07, 6.45) is 0.862. The number of ether oxygens (including phenoxy) is 1. The summed E-state index contributed by atoms with van der Waals surface area (Å²) in [6, 6.07) is 0. The van der Waals surface area contributed by atoms with E-state index in [2.05, 4.69) is 11.7 Å². The van der Waals surface area contributed by atoms with Gasteiger partial charge in [-0.3, -0.25) is 0 Å². The SMILES string of the molecule is CCCCCCCCCCCCCCOC(=O)C(F)(F)C(F)(F)C(F)(F)C(F)(F)C(F)(F)C(F)(F)C(F)(F)C(F)(F)F. The molecule has 252 valence electrons. The predicted octanol–water partition coefficient (Wildman–Crippen LogP) is 10.2. The fraction of sp³-hybridized carbons (Fsp3) is 0.957. The van der Waals surface area contributed by atoms with Gasteiger partial charge in [0, 0.05) is 0 Å². The maximum absolute atomic E-state index is 13.8. The van der Waals surface area contributed by atoms with Gasteiger partial charge in [0.05, 0.1) is 6.61 Å². The van der Waals surface area contributed by atoms with E-state index in [1.807, 2.05) is 0 Å². The van der Waals surface area contributed by atoms with Crippen molar-refractivity contribution in [2.75, 3.05) is 6.61 Å². The summed E-state index contributed by atoms with van der Waals surface area (Å²) >= 11 is 0. The molecule has 0 saturated heterocycles. The Kier molecular flexibility index (Phi) is 13.8. The molecule has 0 atom stereocenters. The molecule has 0 amide bonds. The van der Waals surface area contributed by atoms with E-state index in [0.717, 1.165) is 51.4 Å². The van der Waals surface area contributed by atoms with E-state index >= 15 is 0 Å². The molecule has 0 aliphatic heterocycles. The Bertz CT molecular complexity index is 837. The minimum absolute atomic E-state index is 0.106. The van der Waals surface area contributed by atoms with Crippen LogP contribution in [0.2, 0.25) is 0 Å². The van der Waals surface area contributed by atoms with Crippen molar-refractivity contribution in [1.82, 2.24) is 0 Å². The van der Waals surface area contributed by atoms with Crippen LogP contribution in [0, 0.1) is 0 Å². The number of carbonyl (C=O) groups is 1. The van der Waals surface area contributed by atoms with Gasteiger partial charge >= 0.3 is 53.6 Å². The molecule has 0 fully saturated rings. The Labute approximate surface area is 229 Å². The van der Waals surface area contributed by atoms with E-state index in [1.54, 1.807) is 0 Å². The van der Waals surface area contributed by atoms with Gasteiger partial charge in [0.15, 0.2) is 0 Å². The average molecular weight is 660 g/mol. The molecule has 0 N–H and O–H groups in total. The van der Waals surface area contributed by atoms with Crippen LogP contribution in [0.3, 0.4) is 0 Å². The average Bonchev–Trinajstić information content (AvgIpc) is 2.85. The number of rotatable bonds is 20. The zero-order chi connectivity index (χ0) is 33.5. The second kappa shape index (κ2) is 14.4. The van der Waals surface area contributed by atoms with Gasteiger partial charge in [0.25, 0.3) is 0 Å². The Morgan fingerprint density at radius 2 is 0.714 bits per heavy atom. The summed E-state index contributed by atoms with van der Waals surface area (Å²) in [7, 11) is 0. The zero-order valence-electron chi connectivity index (χ0n) is 21.9. The highest BCUT2D eigenvalue weighted by atomic mass is 19.4. The zero-order valence-corrected chi connectivity index (χ0v) is 21.9. The van der Waals surface area contributed by atoms with Crippen molar-refractivity contribution in [2.45, 2.75) is 132 Å². The van der Waals surface area contributed by atoms with E-state index in [1.165, 1.54) is 0 Å². The first kappa shape index (κ1) is 40.3. The van der Waals surface area contributed by atoms with E-state index in [0.29, 0.717) is 12.8 Å². The number of esters is 1. The molecule has 42 heavy (non-hydrogen) atoms.